The number of hydrogen-bond acceptors (Lipinski definition) is 5. The second-order valence-corrected chi connectivity index (χ2v) is 10.4. The summed E-state index contributed by atoms with van der Waals surface area (Å²) < 4.78 is 13.0. The summed E-state index contributed by atoms with van der Waals surface area (Å²) in [6.45, 7) is 8.85. The lowest BCUT2D eigenvalue weighted by Gasteiger charge is -2.32. The molecule has 1 aliphatic heterocycles. The summed E-state index contributed by atoms with van der Waals surface area (Å²) in [7, 11) is 3.56. The predicted molar refractivity (Wildman–Crippen MR) is 142 cm³/mol. The van der Waals surface area contributed by atoms with Crippen LogP contribution in [0.15, 0.2) is 40.9 Å². The van der Waals surface area contributed by atoms with Crippen molar-refractivity contribution in [2.75, 3.05) is 14.1 Å². The van der Waals surface area contributed by atoms with Crippen LogP contribution in [0.3, 0.4) is 0 Å². The highest BCUT2D eigenvalue weighted by atomic mass is 79.9. The van der Waals surface area contributed by atoms with Gasteiger partial charge in [0, 0.05) is 16.3 Å². The van der Waals surface area contributed by atoms with Gasteiger partial charge in [0.05, 0.1) is 34.5 Å². The summed E-state index contributed by atoms with van der Waals surface area (Å²) in [5.41, 5.74) is 3.60. The van der Waals surface area contributed by atoms with E-state index in [2.05, 4.69) is 44.0 Å². The molecule has 1 aliphatic rings. The van der Waals surface area contributed by atoms with Crippen molar-refractivity contribution in [3.63, 3.8) is 0 Å². The van der Waals surface area contributed by atoms with Gasteiger partial charge in [-0.15, -0.1) is 0 Å². The van der Waals surface area contributed by atoms with Gasteiger partial charge in [0.25, 0.3) is 0 Å². The summed E-state index contributed by atoms with van der Waals surface area (Å²) in [6.07, 6.45) is 0. The Bertz CT molecular complexity index is 1030. The van der Waals surface area contributed by atoms with Gasteiger partial charge in [0.15, 0.2) is 0 Å². The Labute approximate surface area is 216 Å². The number of halogens is 2. The van der Waals surface area contributed by atoms with Crippen molar-refractivity contribution in [1.29, 1.82) is 10.5 Å². The third-order valence-electron chi connectivity index (χ3n) is 5.60. The molecule has 3 rings (SSSR count). The zero-order valence-electron chi connectivity index (χ0n) is 19.4. The van der Waals surface area contributed by atoms with Crippen LogP contribution in [-0.2, 0) is 21.2 Å². The molecule has 0 N–H and O–H groups in total. The molecule has 0 aliphatic carbocycles. The minimum atomic E-state index is -0.421. The number of alkyl halides is 1. The van der Waals surface area contributed by atoms with Gasteiger partial charge in [-0.2, -0.15) is 10.5 Å². The average Bonchev–Trinajstić information content (AvgIpc) is 2.95. The smallest absolute Gasteiger partial charge is 0.399 e. The summed E-state index contributed by atoms with van der Waals surface area (Å²) >= 11 is 6.61. The molecular weight excluding hydrogens is 545 g/mol. The summed E-state index contributed by atoms with van der Waals surface area (Å²) in [6, 6.07) is 15.9. The molecule has 1 saturated heterocycles. The molecule has 0 unspecified atom stereocenters. The van der Waals surface area contributed by atoms with E-state index in [4.69, 9.17) is 14.6 Å². The minimum Gasteiger partial charge on any atom is -0.399 e. The van der Waals surface area contributed by atoms with Gasteiger partial charge >= 0.3 is 7.12 Å². The van der Waals surface area contributed by atoms with Gasteiger partial charge in [0.2, 0.25) is 0 Å². The van der Waals surface area contributed by atoms with Crippen molar-refractivity contribution in [3.8, 4) is 12.1 Å². The molecule has 8 heteroatoms. The second-order valence-electron chi connectivity index (χ2n) is 8.90. The Morgan fingerprint density at radius 3 is 1.91 bits per heavy atom. The topological polar surface area (TPSA) is 69.3 Å². The van der Waals surface area contributed by atoms with Gasteiger partial charge in [0.1, 0.15) is 0 Å². The standard InChI is InChI=1S/C16H23BN2O2.C8H5Br2N.CH4/c1-15(2)16(3,4)21-17(20-15)14-8-7-12(11-19(5)6)13(9-14)10-18;9-4-6-1-2-8(10)3-7(6)5-11;/h7-9H,11H2,1-6H3;1-3H,4H2;1H4. The van der Waals surface area contributed by atoms with Gasteiger partial charge in [-0.1, -0.05) is 57.5 Å². The highest BCUT2D eigenvalue weighted by molar-refractivity contribution is 9.10. The zero-order chi connectivity index (χ0) is 24.1. The van der Waals surface area contributed by atoms with E-state index in [9.17, 15) is 5.26 Å². The molecule has 0 bridgehead atoms. The largest absolute Gasteiger partial charge is 0.494 e. The fourth-order valence-corrected chi connectivity index (χ4v) is 3.92. The molecule has 1 heterocycles. The van der Waals surface area contributed by atoms with Crippen molar-refractivity contribution >= 4 is 44.4 Å². The third-order valence-corrected chi connectivity index (χ3v) is 6.70. The maximum atomic E-state index is 9.35. The fourth-order valence-electron chi connectivity index (χ4n) is 3.07. The molecule has 0 spiro atoms. The van der Waals surface area contributed by atoms with Crippen LogP contribution in [0.2, 0.25) is 0 Å². The van der Waals surface area contributed by atoms with Crippen molar-refractivity contribution in [3.05, 3.63) is 63.1 Å². The first-order valence-corrected chi connectivity index (χ1v) is 12.1. The number of benzene rings is 2. The summed E-state index contributed by atoms with van der Waals surface area (Å²) in [5, 5.41) is 18.8. The molecule has 1 fully saturated rings. The molecule has 0 atom stereocenters. The van der Waals surface area contributed by atoms with E-state index >= 15 is 0 Å². The monoisotopic (exact) mass is 575 g/mol. The molecule has 176 valence electrons. The Kier molecular flexibility index (Phi) is 10.8. The first kappa shape index (κ1) is 29.4. The zero-order valence-corrected chi connectivity index (χ0v) is 22.5. The Balaban J connectivity index is 0.000000385. The van der Waals surface area contributed by atoms with E-state index < -0.39 is 7.12 Å². The summed E-state index contributed by atoms with van der Waals surface area (Å²) in [5.74, 6) is 0. The first-order valence-electron chi connectivity index (χ1n) is 10.2. The highest BCUT2D eigenvalue weighted by Crippen LogP contribution is 2.36. The number of hydrogen-bond donors (Lipinski definition) is 0. The van der Waals surface area contributed by atoms with Crippen LogP contribution < -0.4 is 5.46 Å². The van der Waals surface area contributed by atoms with E-state index in [1.807, 2.05) is 83.1 Å². The number of rotatable bonds is 4. The van der Waals surface area contributed by atoms with Crippen LogP contribution in [0.25, 0.3) is 0 Å². The molecule has 2 aromatic rings. The molecule has 0 amide bonds. The van der Waals surface area contributed by atoms with Crippen molar-refractivity contribution in [1.82, 2.24) is 4.90 Å². The predicted octanol–water partition coefficient (Wildman–Crippen LogP) is 5.77. The lowest BCUT2D eigenvalue weighted by atomic mass is 9.78. The minimum absolute atomic E-state index is 0. The quantitative estimate of drug-likeness (QED) is 0.341. The van der Waals surface area contributed by atoms with Crippen LogP contribution in [0.4, 0.5) is 0 Å². The van der Waals surface area contributed by atoms with E-state index in [1.54, 1.807) is 0 Å². The fraction of sp³-hybridized carbons (Fsp3) is 0.440. The van der Waals surface area contributed by atoms with E-state index in [1.165, 1.54) is 0 Å². The number of nitriles is 2. The molecular formula is C25H32BBr2N3O2. The molecule has 0 aromatic heterocycles. The summed E-state index contributed by atoms with van der Waals surface area (Å²) in [4.78, 5) is 2.05. The average molecular weight is 577 g/mol. The van der Waals surface area contributed by atoms with Crippen LogP contribution in [0.5, 0.6) is 0 Å². The van der Waals surface area contributed by atoms with Gasteiger partial charge in [-0.05, 0) is 76.6 Å². The first-order chi connectivity index (χ1) is 14.9. The highest BCUT2D eigenvalue weighted by Gasteiger charge is 2.51. The Morgan fingerprint density at radius 1 is 0.909 bits per heavy atom. The molecule has 5 nitrogen and oxygen atoms in total. The van der Waals surface area contributed by atoms with Crippen molar-refractivity contribution in [2.45, 2.75) is 58.2 Å². The van der Waals surface area contributed by atoms with E-state index in [-0.39, 0.29) is 18.6 Å². The number of nitrogens with zero attached hydrogens (tertiary/aromatic N) is 3. The van der Waals surface area contributed by atoms with Crippen LogP contribution in [0.1, 0.15) is 57.4 Å². The van der Waals surface area contributed by atoms with Gasteiger partial charge < -0.3 is 14.2 Å². The lowest BCUT2D eigenvalue weighted by Crippen LogP contribution is -2.41. The second kappa shape index (κ2) is 12.2. The van der Waals surface area contributed by atoms with Crippen LogP contribution in [-0.4, -0.2) is 37.3 Å². The maximum absolute atomic E-state index is 9.35. The SMILES string of the molecule is C.CN(C)Cc1ccc(B2OC(C)(C)C(C)(C)O2)cc1C#N.N#Cc1cc(Br)ccc1CBr. The van der Waals surface area contributed by atoms with E-state index in [0.717, 1.165) is 38.5 Å². The third kappa shape index (κ3) is 7.40. The molecule has 0 saturated carbocycles. The lowest BCUT2D eigenvalue weighted by molar-refractivity contribution is 0.00578. The molecule has 33 heavy (non-hydrogen) atoms. The Hall–Kier alpha value is -1.68. The van der Waals surface area contributed by atoms with Crippen molar-refractivity contribution < 1.29 is 9.31 Å². The molecule has 2 aromatic carbocycles. The molecule has 0 radical (unpaired) electrons. The Morgan fingerprint density at radius 2 is 1.42 bits per heavy atom. The van der Waals surface area contributed by atoms with Gasteiger partial charge in [-0.3, -0.25) is 0 Å². The van der Waals surface area contributed by atoms with E-state index in [0.29, 0.717) is 5.56 Å². The van der Waals surface area contributed by atoms with Crippen LogP contribution in [0, 0.1) is 22.7 Å². The van der Waals surface area contributed by atoms with Crippen molar-refractivity contribution in [2.24, 2.45) is 0 Å². The van der Waals surface area contributed by atoms with Gasteiger partial charge in [-0.25, -0.2) is 0 Å². The van der Waals surface area contributed by atoms with Crippen LogP contribution >= 0.6 is 31.9 Å². The maximum Gasteiger partial charge on any atom is 0.494 e. The normalized spacial score (nSPS) is 15.7.